The van der Waals surface area contributed by atoms with Gasteiger partial charge in [-0.3, -0.25) is 9.52 Å². The van der Waals surface area contributed by atoms with Crippen molar-refractivity contribution in [1.29, 1.82) is 0 Å². The Morgan fingerprint density at radius 1 is 1.00 bits per heavy atom. The average molecular weight is 545 g/mol. The molecule has 0 bridgehead atoms. The Morgan fingerprint density at radius 2 is 1.59 bits per heavy atom. The molecule has 3 rings (SSSR count). The van der Waals surface area contributed by atoms with Crippen molar-refractivity contribution in [3.63, 3.8) is 0 Å². The van der Waals surface area contributed by atoms with Gasteiger partial charge in [0.15, 0.2) is 0 Å². The molecule has 32 heavy (non-hydrogen) atoms. The molecule has 0 saturated carbocycles. The molecular formula is C20H25BrN4O5S2. The second kappa shape index (κ2) is 9.87. The number of benzene rings is 2. The zero-order valence-electron chi connectivity index (χ0n) is 17.7. The second-order valence-electron chi connectivity index (χ2n) is 7.61. The van der Waals surface area contributed by atoms with Gasteiger partial charge in [-0.1, -0.05) is 15.9 Å². The molecule has 1 atom stereocenters. The van der Waals surface area contributed by atoms with Crippen LogP contribution >= 0.6 is 15.9 Å². The largest absolute Gasteiger partial charge is 0.326 e. The van der Waals surface area contributed by atoms with E-state index in [2.05, 4.69) is 26.0 Å². The van der Waals surface area contributed by atoms with Crippen LogP contribution in [0.3, 0.4) is 0 Å². The Hall–Kier alpha value is -1.99. The highest BCUT2D eigenvalue weighted by Crippen LogP contribution is 2.23. The number of sulfonamides is 1. The molecule has 0 radical (unpaired) electrons. The van der Waals surface area contributed by atoms with Crippen molar-refractivity contribution in [2.45, 2.75) is 17.7 Å². The van der Waals surface area contributed by atoms with E-state index in [1.165, 1.54) is 42.7 Å². The number of anilines is 2. The fraction of sp³-hybridized carbons (Fsp3) is 0.350. The molecular weight excluding hydrogens is 520 g/mol. The lowest BCUT2D eigenvalue weighted by atomic mass is 9.99. The minimum atomic E-state index is -3.78. The van der Waals surface area contributed by atoms with Gasteiger partial charge in [-0.2, -0.15) is 17.0 Å². The number of hydrogen-bond donors (Lipinski definition) is 2. The molecule has 1 saturated heterocycles. The predicted octanol–water partition coefficient (Wildman–Crippen LogP) is 2.71. The minimum Gasteiger partial charge on any atom is -0.326 e. The van der Waals surface area contributed by atoms with E-state index in [1.54, 1.807) is 24.3 Å². The van der Waals surface area contributed by atoms with Gasteiger partial charge in [0.1, 0.15) is 0 Å². The van der Waals surface area contributed by atoms with Crippen LogP contribution in [0.5, 0.6) is 0 Å². The van der Waals surface area contributed by atoms with Crippen LogP contribution in [-0.2, 0) is 25.0 Å². The summed E-state index contributed by atoms with van der Waals surface area (Å²) in [4.78, 5) is 12.7. The summed E-state index contributed by atoms with van der Waals surface area (Å²) in [6.07, 6.45) is 1.17. The van der Waals surface area contributed by atoms with Crippen LogP contribution in [0.15, 0.2) is 57.9 Å². The molecule has 12 heteroatoms. The third kappa shape index (κ3) is 5.87. The molecule has 0 spiro atoms. The molecule has 1 aliphatic heterocycles. The lowest BCUT2D eigenvalue weighted by Crippen LogP contribution is -2.47. The van der Waals surface area contributed by atoms with Crippen molar-refractivity contribution in [3.8, 4) is 0 Å². The number of halogens is 1. The first-order valence-electron chi connectivity index (χ1n) is 9.86. The summed E-state index contributed by atoms with van der Waals surface area (Å²) < 4.78 is 55.6. The lowest BCUT2D eigenvalue weighted by molar-refractivity contribution is -0.120. The van der Waals surface area contributed by atoms with Crippen LogP contribution in [0, 0.1) is 5.92 Å². The van der Waals surface area contributed by atoms with E-state index in [0.717, 1.165) is 8.78 Å². The number of nitrogens with one attached hydrogen (secondary N) is 2. The van der Waals surface area contributed by atoms with Crippen LogP contribution in [0.4, 0.5) is 11.4 Å². The maximum atomic E-state index is 12.7. The molecule has 0 aliphatic carbocycles. The standard InChI is InChI=1S/C20H25BrN4O5S2/c1-24(2)32(29,30)25-13-3-4-15(14-25)20(26)22-17-9-11-19(12-10-17)31(27,28)23-18-7-5-16(21)6-8-18/h5-12,15,23H,3-4,13-14H2,1-2H3,(H,22,26). The van der Waals surface area contributed by atoms with Crippen molar-refractivity contribution in [2.75, 3.05) is 37.2 Å². The summed E-state index contributed by atoms with van der Waals surface area (Å²) in [5.74, 6) is -0.784. The van der Waals surface area contributed by atoms with Gasteiger partial charge < -0.3 is 5.32 Å². The Labute approximate surface area is 197 Å². The summed E-state index contributed by atoms with van der Waals surface area (Å²) in [7, 11) is -4.44. The summed E-state index contributed by atoms with van der Waals surface area (Å²) in [6.45, 7) is 0.484. The predicted molar refractivity (Wildman–Crippen MR) is 127 cm³/mol. The van der Waals surface area contributed by atoms with Crippen LogP contribution in [0.25, 0.3) is 0 Å². The highest BCUT2D eigenvalue weighted by molar-refractivity contribution is 9.10. The maximum Gasteiger partial charge on any atom is 0.281 e. The van der Waals surface area contributed by atoms with E-state index in [1.807, 2.05) is 0 Å². The second-order valence-corrected chi connectivity index (χ2v) is 12.4. The third-order valence-electron chi connectivity index (χ3n) is 5.07. The van der Waals surface area contributed by atoms with Gasteiger partial charge >= 0.3 is 0 Å². The van der Waals surface area contributed by atoms with Gasteiger partial charge in [-0.25, -0.2) is 8.42 Å². The third-order valence-corrected chi connectivity index (χ3v) is 8.90. The first kappa shape index (κ1) is 24.6. The van der Waals surface area contributed by atoms with Crippen LogP contribution < -0.4 is 10.0 Å². The first-order chi connectivity index (χ1) is 15.0. The van der Waals surface area contributed by atoms with E-state index in [0.29, 0.717) is 30.8 Å². The van der Waals surface area contributed by atoms with Gasteiger partial charge in [0, 0.05) is 43.0 Å². The van der Waals surface area contributed by atoms with Crippen LogP contribution in [0.2, 0.25) is 0 Å². The van der Waals surface area contributed by atoms with Gasteiger partial charge in [0.2, 0.25) is 5.91 Å². The smallest absolute Gasteiger partial charge is 0.281 e. The fourth-order valence-electron chi connectivity index (χ4n) is 3.29. The number of rotatable bonds is 7. The fourth-order valence-corrected chi connectivity index (χ4v) is 5.80. The molecule has 0 aromatic heterocycles. The lowest BCUT2D eigenvalue weighted by Gasteiger charge is -2.32. The normalized spacial score (nSPS) is 17.8. The van der Waals surface area contributed by atoms with Gasteiger partial charge in [0.05, 0.1) is 10.8 Å². The average Bonchev–Trinajstić information content (AvgIpc) is 2.75. The van der Waals surface area contributed by atoms with Crippen LogP contribution in [-0.4, -0.2) is 58.5 Å². The molecule has 1 unspecified atom stereocenters. The van der Waals surface area contributed by atoms with Crippen molar-refractivity contribution in [1.82, 2.24) is 8.61 Å². The topological polar surface area (TPSA) is 116 Å². The minimum absolute atomic E-state index is 0.0549. The van der Waals surface area contributed by atoms with E-state index in [4.69, 9.17) is 0 Å². The number of amides is 1. The number of carbonyl (C=O) groups excluding carboxylic acids is 1. The van der Waals surface area contributed by atoms with E-state index >= 15 is 0 Å². The molecule has 174 valence electrons. The summed E-state index contributed by atoms with van der Waals surface area (Å²) >= 11 is 3.30. The summed E-state index contributed by atoms with van der Waals surface area (Å²) in [5.41, 5.74) is 0.866. The van der Waals surface area contributed by atoms with Gasteiger partial charge in [-0.15, -0.1) is 0 Å². The first-order valence-corrected chi connectivity index (χ1v) is 13.5. The molecule has 1 aliphatic rings. The zero-order chi connectivity index (χ0) is 23.5. The zero-order valence-corrected chi connectivity index (χ0v) is 20.9. The molecule has 2 N–H and O–H groups in total. The highest BCUT2D eigenvalue weighted by atomic mass is 79.9. The van der Waals surface area contributed by atoms with Gasteiger partial charge in [-0.05, 0) is 61.4 Å². The number of hydrogen-bond acceptors (Lipinski definition) is 5. The summed E-state index contributed by atoms with van der Waals surface area (Å²) in [5, 5.41) is 2.75. The highest BCUT2D eigenvalue weighted by Gasteiger charge is 2.33. The Bertz CT molecular complexity index is 1170. The van der Waals surface area contributed by atoms with Crippen molar-refractivity contribution >= 4 is 53.4 Å². The van der Waals surface area contributed by atoms with E-state index in [-0.39, 0.29) is 17.3 Å². The number of piperidine rings is 1. The van der Waals surface area contributed by atoms with E-state index in [9.17, 15) is 21.6 Å². The van der Waals surface area contributed by atoms with Crippen molar-refractivity contribution in [3.05, 3.63) is 53.0 Å². The number of carbonyl (C=O) groups is 1. The number of nitrogens with zero attached hydrogens (tertiary/aromatic N) is 2. The van der Waals surface area contributed by atoms with Gasteiger partial charge in [0.25, 0.3) is 20.2 Å². The quantitative estimate of drug-likeness (QED) is 0.555. The Kier molecular flexibility index (Phi) is 7.61. The van der Waals surface area contributed by atoms with Crippen LogP contribution in [0.1, 0.15) is 12.8 Å². The van der Waals surface area contributed by atoms with Crippen molar-refractivity contribution < 1.29 is 21.6 Å². The molecule has 1 amide bonds. The Balaban J connectivity index is 1.65. The molecule has 1 heterocycles. The Morgan fingerprint density at radius 3 is 2.19 bits per heavy atom. The molecule has 2 aromatic rings. The molecule has 2 aromatic carbocycles. The maximum absolute atomic E-state index is 12.7. The summed E-state index contributed by atoms with van der Waals surface area (Å²) in [6, 6.07) is 12.6. The van der Waals surface area contributed by atoms with Crippen molar-refractivity contribution in [2.24, 2.45) is 5.92 Å². The monoisotopic (exact) mass is 544 g/mol. The molecule has 9 nitrogen and oxygen atoms in total. The van der Waals surface area contributed by atoms with E-state index < -0.39 is 26.2 Å². The SMILES string of the molecule is CN(C)S(=O)(=O)N1CCCC(C(=O)Nc2ccc(S(=O)(=O)Nc3ccc(Br)cc3)cc2)C1. The molecule has 1 fully saturated rings.